The molecule has 2 fully saturated rings. The number of carbonyl (C=O) groups excluding carboxylic acids is 2. The van der Waals surface area contributed by atoms with E-state index in [1.807, 2.05) is 16.7 Å². The van der Waals surface area contributed by atoms with Gasteiger partial charge in [-0.25, -0.2) is 0 Å². The molecule has 28 heavy (non-hydrogen) atoms. The molecule has 1 aliphatic heterocycles. The summed E-state index contributed by atoms with van der Waals surface area (Å²) in [6, 6.07) is 5.27. The molecule has 2 aliphatic rings. The van der Waals surface area contributed by atoms with Crippen molar-refractivity contribution < 1.29 is 19.1 Å². The van der Waals surface area contributed by atoms with Crippen LogP contribution in [0.15, 0.2) is 18.2 Å². The lowest BCUT2D eigenvalue weighted by atomic mass is 10.0. The van der Waals surface area contributed by atoms with Gasteiger partial charge >= 0.3 is 0 Å². The van der Waals surface area contributed by atoms with Crippen molar-refractivity contribution in [1.82, 2.24) is 9.80 Å². The van der Waals surface area contributed by atoms with Crippen LogP contribution in [0.2, 0.25) is 0 Å². The van der Waals surface area contributed by atoms with Crippen molar-refractivity contribution in [3.63, 3.8) is 0 Å². The highest BCUT2D eigenvalue weighted by molar-refractivity contribution is 5.95. The van der Waals surface area contributed by atoms with Crippen LogP contribution in [0, 0.1) is 5.92 Å². The molecule has 154 valence electrons. The van der Waals surface area contributed by atoms with Crippen molar-refractivity contribution in [3.8, 4) is 11.5 Å². The molecule has 0 atom stereocenters. The van der Waals surface area contributed by atoms with E-state index in [4.69, 9.17) is 9.47 Å². The molecule has 0 spiro atoms. The summed E-state index contributed by atoms with van der Waals surface area (Å²) >= 11 is 0. The normalized spacial score (nSPS) is 17.6. The molecule has 1 aromatic rings. The van der Waals surface area contributed by atoms with Crippen LogP contribution in [0.1, 0.15) is 55.8 Å². The lowest BCUT2D eigenvalue weighted by molar-refractivity contribution is -0.133. The maximum absolute atomic E-state index is 12.9. The molecular weight excluding hydrogens is 356 g/mol. The fourth-order valence-electron chi connectivity index (χ4n) is 4.20. The molecule has 0 bridgehead atoms. The van der Waals surface area contributed by atoms with Crippen LogP contribution in [-0.4, -0.2) is 61.5 Å². The van der Waals surface area contributed by atoms with E-state index >= 15 is 0 Å². The molecule has 0 radical (unpaired) electrons. The number of benzene rings is 1. The van der Waals surface area contributed by atoms with E-state index in [-0.39, 0.29) is 11.8 Å². The predicted molar refractivity (Wildman–Crippen MR) is 108 cm³/mol. The van der Waals surface area contributed by atoms with Gasteiger partial charge in [-0.2, -0.15) is 0 Å². The third-order valence-corrected chi connectivity index (χ3v) is 5.87. The van der Waals surface area contributed by atoms with Gasteiger partial charge in [0.2, 0.25) is 5.91 Å². The Morgan fingerprint density at radius 3 is 2.36 bits per heavy atom. The first-order valence-corrected chi connectivity index (χ1v) is 10.5. The number of methoxy groups -OCH3 is 1. The van der Waals surface area contributed by atoms with E-state index in [9.17, 15) is 9.59 Å². The van der Waals surface area contributed by atoms with Gasteiger partial charge in [-0.05, 0) is 37.5 Å². The Hall–Kier alpha value is -2.24. The summed E-state index contributed by atoms with van der Waals surface area (Å²) in [4.78, 5) is 29.1. The molecule has 3 rings (SSSR count). The van der Waals surface area contributed by atoms with Crippen LogP contribution in [0.4, 0.5) is 0 Å². The van der Waals surface area contributed by atoms with Gasteiger partial charge in [0, 0.05) is 38.2 Å². The zero-order valence-electron chi connectivity index (χ0n) is 17.1. The Morgan fingerprint density at radius 1 is 1.04 bits per heavy atom. The lowest BCUT2D eigenvalue weighted by Crippen LogP contribution is -2.50. The predicted octanol–water partition coefficient (Wildman–Crippen LogP) is 3.35. The lowest BCUT2D eigenvalue weighted by Gasteiger charge is -2.35. The van der Waals surface area contributed by atoms with Gasteiger partial charge < -0.3 is 19.3 Å². The summed E-state index contributed by atoms with van der Waals surface area (Å²) in [5.41, 5.74) is 0.588. The van der Waals surface area contributed by atoms with E-state index in [2.05, 4.69) is 0 Å². The molecular formula is C22H32N2O4. The third kappa shape index (κ3) is 4.97. The van der Waals surface area contributed by atoms with Gasteiger partial charge in [-0.15, -0.1) is 0 Å². The Morgan fingerprint density at radius 2 is 1.71 bits per heavy atom. The Bertz CT molecular complexity index is 677. The third-order valence-electron chi connectivity index (χ3n) is 5.87. The topological polar surface area (TPSA) is 59.1 Å². The van der Waals surface area contributed by atoms with E-state index in [0.717, 1.165) is 12.3 Å². The molecule has 0 aromatic heterocycles. The second-order valence-electron chi connectivity index (χ2n) is 7.66. The number of nitrogens with zero attached hydrogens (tertiary/aromatic N) is 2. The average molecular weight is 389 g/mol. The average Bonchev–Trinajstić information content (AvgIpc) is 3.25. The molecule has 2 amide bonds. The molecule has 0 N–H and O–H groups in total. The maximum Gasteiger partial charge on any atom is 0.254 e. The fourth-order valence-corrected chi connectivity index (χ4v) is 4.20. The van der Waals surface area contributed by atoms with Crippen LogP contribution >= 0.6 is 0 Å². The highest BCUT2D eigenvalue weighted by atomic mass is 16.5. The van der Waals surface area contributed by atoms with Crippen LogP contribution in [0.3, 0.4) is 0 Å². The Balaban J connectivity index is 1.51. The van der Waals surface area contributed by atoms with Gasteiger partial charge in [0.25, 0.3) is 5.91 Å². The van der Waals surface area contributed by atoms with Gasteiger partial charge in [0.05, 0.1) is 13.7 Å². The molecule has 6 heteroatoms. The van der Waals surface area contributed by atoms with Crippen molar-refractivity contribution in [2.75, 3.05) is 39.9 Å². The largest absolute Gasteiger partial charge is 0.493 e. The molecule has 1 heterocycles. The highest BCUT2D eigenvalue weighted by Crippen LogP contribution is 2.30. The maximum atomic E-state index is 12.9. The van der Waals surface area contributed by atoms with Gasteiger partial charge in [0.15, 0.2) is 11.5 Å². The second-order valence-corrected chi connectivity index (χ2v) is 7.66. The monoisotopic (exact) mass is 388 g/mol. The van der Waals surface area contributed by atoms with Crippen LogP contribution in [0.25, 0.3) is 0 Å². The van der Waals surface area contributed by atoms with Gasteiger partial charge in [0.1, 0.15) is 0 Å². The fraction of sp³-hybridized carbons (Fsp3) is 0.636. The number of hydrogen-bond acceptors (Lipinski definition) is 4. The van der Waals surface area contributed by atoms with Crippen LogP contribution < -0.4 is 9.47 Å². The van der Waals surface area contributed by atoms with E-state index < -0.39 is 0 Å². The van der Waals surface area contributed by atoms with E-state index in [1.54, 1.807) is 25.3 Å². The molecule has 0 unspecified atom stereocenters. The number of rotatable bonds is 7. The molecule has 6 nitrogen and oxygen atoms in total. The number of piperazine rings is 1. The van der Waals surface area contributed by atoms with Crippen LogP contribution in [0.5, 0.6) is 11.5 Å². The van der Waals surface area contributed by atoms with Gasteiger partial charge in [-0.3, -0.25) is 9.59 Å². The SMILES string of the molecule is CCOc1cc(C(=O)N2CCN(C(=O)CCC3CCCC3)CC2)ccc1OC. The highest BCUT2D eigenvalue weighted by Gasteiger charge is 2.26. The minimum Gasteiger partial charge on any atom is -0.493 e. The summed E-state index contributed by atoms with van der Waals surface area (Å²) in [5, 5.41) is 0. The standard InChI is InChI=1S/C22H32N2O4/c1-3-28-20-16-18(9-10-19(20)27-2)22(26)24-14-12-23(13-15-24)21(25)11-8-17-6-4-5-7-17/h9-10,16-17H,3-8,11-15H2,1-2H3. The summed E-state index contributed by atoms with van der Waals surface area (Å²) in [6.45, 7) is 4.79. The van der Waals surface area contributed by atoms with Crippen LogP contribution in [-0.2, 0) is 4.79 Å². The van der Waals surface area contributed by atoms with Crippen molar-refractivity contribution in [1.29, 1.82) is 0 Å². The molecule has 1 saturated heterocycles. The number of hydrogen-bond donors (Lipinski definition) is 0. The Kier molecular flexibility index (Phi) is 7.18. The molecule has 1 saturated carbocycles. The first-order chi connectivity index (χ1) is 13.6. The summed E-state index contributed by atoms with van der Waals surface area (Å²) in [6.07, 6.45) is 6.85. The van der Waals surface area contributed by atoms with E-state index in [1.165, 1.54) is 25.7 Å². The smallest absolute Gasteiger partial charge is 0.254 e. The van der Waals surface area contributed by atoms with Crippen molar-refractivity contribution >= 4 is 11.8 Å². The first-order valence-electron chi connectivity index (χ1n) is 10.5. The first kappa shape index (κ1) is 20.5. The zero-order chi connectivity index (χ0) is 19.9. The van der Waals surface area contributed by atoms with E-state index in [0.29, 0.717) is 56.3 Å². The molecule has 1 aliphatic carbocycles. The quantitative estimate of drug-likeness (QED) is 0.719. The molecule has 1 aromatic carbocycles. The number of carbonyl (C=O) groups is 2. The minimum absolute atomic E-state index is 0.0262. The van der Waals surface area contributed by atoms with Gasteiger partial charge in [-0.1, -0.05) is 25.7 Å². The van der Waals surface area contributed by atoms with Crippen molar-refractivity contribution in [2.24, 2.45) is 5.92 Å². The second kappa shape index (κ2) is 9.80. The van der Waals surface area contributed by atoms with Crippen molar-refractivity contribution in [2.45, 2.75) is 45.4 Å². The summed E-state index contributed by atoms with van der Waals surface area (Å²) < 4.78 is 10.9. The minimum atomic E-state index is -0.0262. The summed E-state index contributed by atoms with van der Waals surface area (Å²) in [5.74, 6) is 2.15. The number of amides is 2. The Labute approximate surface area is 167 Å². The van der Waals surface area contributed by atoms with Crippen molar-refractivity contribution in [3.05, 3.63) is 23.8 Å². The number of ether oxygens (including phenoxy) is 2. The summed E-state index contributed by atoms with van der Waals surface area (Å²) in [7, 11) is 1.59. The zero-order valence-corrected chi connectivity index (χ0v) is 17.1.